The molecule has 0 atom stereocenters. The van der Waals surface area contributed by atoms with Gasteiger partial charge in [0.25, 0.3) is 0 Å². The molecule has 0 aliphatic carbocycles. The van der Waals surface area contributed by atoms with Crippen molar-refractivity contribution in [2.75, 3.05) is 0 Å². The lowest BCUT2D eigenvalue weighted by Gasteiger charge is -2.11. The second kappa shape index (κ2) is 6.26. The Labute approximate surface area is 119 Å². The van der Waals surface area contributed by atoms with Crippen molar-refractivity contribution in [3.05, 3.63) is 69.7 Å². The smallest absolute Gasteiger partial charge is 0.0406 e. The SMILES string of the molecule is CC(Cc1ccc(Cl)cc1)Cc1ccc(Cl)cc1. The molecule has 94 valence electrons. The van der Waals surface area contributed by atoms with E-state index in [9.17, 15) is 0 Å². The summed E-state index contributed by atoms with van der Waals surface area (Å²) >= 11 is 11.8. The first-order valence-corrected chi connectivity index (χ1v) is 6.88. The van der Waals surface area contributed by atoms with Crippen molar-refractivity contribution < 1.29 is 0 Å². The molecule has 0 bridgehead atoms. The third kappa shape index (κ3) is 4.04. The molecule has 2 aromatic carbocycles. The van der Waals surface area contributed by atoms with E-state index in [1.807, 2.05) is 24.3 Å². The average molecular weight is 279 g/mol. The van der Waals surface area contributed by atoms with Crippen LogP contribution in [0.4, 0.5) is 0 Å². The van der Waals surface area contributed by atoms with E-state index in [0.29, 0.717) is 5.92 Å². The minimum Gasteiger partial charge on any atom is -0.0843 e. The summed E-state index contributed by atoms with van der Waals surface area (Å²) in [6, 6.07) is 16.2. The van der Waals surface area contributed by atoms with Crippen molar-refractivity contribution in [2.24, 2.45) is 5.92 Å². The average Bonchev–Trinajstić information content (AvgIpc) is 2.35. The molecule has 0 spiro atoms. The van der Waals surface area contributed by atoms with E-state index in [4.69, 9.17) is 23.2 Å². The van der Waals surface area contributed by atoms with Gasteiger partial charge in [-0.25, -0.2) is 0 Å². The highest BCUT2D eigenvalue weighted by molar-refractivity contribution is 6.30. The van der Waals surface area contributed by atoms with Crippen LogP contribution in [0.1, 0.15) is 18.1 Å². The largest absolute Gasteiger partial charge is 0.0843 e. The summed E-state index contributed by atoms with van der Waals surface area (Å²) in [5, 5.41) is 1.59. The first kappa shape index (κ1) is 13.5. The maximum absolute atomic E-state index is 5.88. The Balaban J connectivity index is 1.94. The van der Waals surface area contributed by atoms with Gasteiger partial charge in [0, 0.05) is 10.0 Å². The summed E-state index contributed by atoms with van der Waals surface area (Å²) in [5.74, 6) is 0.604. The molecule has 0 saturated heterocycles. The number of hydrogen-bond acceptors (Lipinski definition) is 0. The van der Waals surface area contributed by atoms with Crippen LogP contribution in [-0.2, 0) is 12.8 Å². The lowest BCUT2D eigenvalue weighted by molar-refractivity contribution is 0.577. The summed E-state index contributed by atoms with van der Waals surface area (Å²) < 4.78 is 0. The van der Waals surface area contributed by atoms with E-state index < -0.39 is 0 Å². The van der Waals surface area contributed by atoms with E-state index in [2.05, 4.69) is 31.2 Å². The molecule has 0 aromatic heterocycles. The van der Waals surface area contributed by atoms with Crippen molar-refractivity contribution in [3.63, 3.8) is 0 Å². The molecule has 0 radical (unpaired) electrons. The highest BCUT2D eigenvalue weighted by Gasteiger charge is 2.05. The summed E-state index contributed by atoms with van der Waals surface area (Å²) in [6.07, 6.45) is 2.14. The topological polar surface area (TPSA) is 0 Å². The van der Waals surface area contributed by atoms with Gasteiger partial charge in [0.2, 0.25) is 0 Å². The van der Waals surface area contributed by atoms with Gasteiger partial charge >= 0.3 is 0 Å². The van der Waals surface area contributed by atoms with Crippen molar-refractivity contribution in [2.45, 2.75) is 19.8 Å². The van der Waals surface area contributed by atoms with Gasteiger partial charge in [-0.1, -0.05) is 54.4 Å². The van der Waals surface area contributed by atoms with E-state index >= 15 is 0 Å². The first-order valence-electron chi connectivity index (χ1n) is 6.12. The summed E-state index contributed by atoms with van der Waals surface area (Å²) in [5.41, 5.74) is 2.67. The second-order valence-electron chi connectivity index (χ2n) is 4.77. The lowest BCUT2D eigenvalue weighted by Crippen LogP contribution is -2.03. The van der Waals surface area contributed by atoms with Crippen LogP contribution in [0, 0.1) is 5.92 Å². The van der Waals surface area contributed by atoms with Crippen LogP contribution < -0.4 is 0 Å². The van der Waals surface area contributed by atoms with E-state index in [0.717, 1.165) is 22.9 Å². The molecule has 0 unspecified atom stereocenters. The maximum atomic E-state index is 5.88. The number of rotatable bonds is 4. The lowest BCUT2D eigenvalue weighted by atomic mass is 9.94. The Morgan fingerprint density at radius 1 is 0.722 bits per heavy atom. The monoisotopic (exact) mass is 278 g/mol. The van der Waals surface area contributed by atoms with Gasteiger partial charge in [-0.05, 0) is 54.2 Å². The number of benzene rings is 2. The molecule has 0 saturated carbocycles. The van der Waals surface area contributed by atoms with E-state index in [1.165, 1.54) is 11.1 Å². The Morgan fingerprint density at radius 2 is 1.06 bits per heavy atom. The van der Waals surface area contributed by atoms with Crippen LogP contribution in [0.15, 0.2) is 48.5 Å². The second-order valence-corrected chi connectivity index (χ2v) is 5.64. The van der Waals surface area contributed by atoms with Crippen LogP contribution in [0.3, 0.4) is 0 Å². The van der Waals surface area contributed by atoms with Crippen LogP contribution >= 0.6 is 23.2 Å². The normalized spacial score (nSPS) is 10.9. The quantitative estimate of drug-likeness (QED) is 0.701. The Hall–Kier alpha value is -0.980. The molecule has 0 aliphatic heterocycles. The summed E-state index contributed by atoms with van der Waals surface area (Å²) in [4.78, 5) is 0. The van der Waals surface area contributed by atoms with Gasteiger partial charge in [0.05, 0.1) is 0 Å². The van der Waals surface area contributed by atoms with Gasteiger partial charge in [-0.2, -0.15) is 0 Å². The highest BCUT2D eigenvalue weighted by atomic mass is 35.5. The van der Waals surface area contributed by atoms with Crippen molar-refractivity contribution in [3.8, 4) is 0 Å². The van der Waals surface area contributed by atoms with Crippen molar-refractivity contribution >= 4 is 23.2 Å². The Kier molecular flexibility index (Phi) is 4.68. The fourth-order valence-electron chi connectivity index (χ4n) is 2.12. The summed E-state index contributed by atoms with van der Waals surface area (Å²) in [6.45, 7) is 2.27. The highest BCUT2D eigenvalue weighted by Crippen LogP contribution is 2.18. The van der Waals surface area contributed by atoms with Gasteiger partial charge in [-0.3, -0.25) is 0 Å². The van der Waals surface area contributed by atoms with Crippen molar-refractivity contribution in [1.29, 1.82) is 0 Å². The van der Waals surface area contributed by atoms with E-state index in [1.54, 1.807) is 0 Å². The number of halogens is 2. The third-order valence-corrected chi connectivity index (χ3v) is 3.50. The van der Waals surface area contributed by atoms with Crippen LogP contribution in [0.5, 0.6) is 0 Å². The molecule has 0 nitrogen and oxygen atoms in total. The predicted octanol–water partition coefficient (Wildman–Crippen LogP) is 5.41. The molecule has 2 rings (SSSR count). The predicted molar refractivity (Wildman–Crippen MR) is 79.5 cm³/mol. The zero-order chi connectivity index (χ0) is 13.0. The minimum atomic E-state index is 0.604. The summed E-state index contributed by atoms with van der Waals surface area (Å²) in [7, 11) is 0. The molecule has 0 heterocycles. The standard InChI is InChI=1S/C16H16Cl2/c1-12(10-13-2-6-15(17)7-3-13)11-14-4-8-16(18)9-5-14/h2-9,12H,10-11H2,1H3. The maximum Gasteiger partial charge on any atom is 0.0406 e. The van der Waals surface area contributed by atoms with Crippen LogP contribution in [0.25, 0.3) is 0 Å². The van der Waals surface area contributed by atoms with Crippen molar-refractivity contribution in [1.82, 2.24) is 0 Å². The van der Waals surface area contributed by atoms with E-state index in [-0.39, 0.29) is 0 Å². The molecule has 0 N–H and O–H groups in total. The fraction of sp³-hybridized carbons (Fsp3) is 0.250. The molecular formula is C16H16Cl2. The Bertz CT molecular complexity index is 438. The Morgan fingerprint density at radius 3 is 1.39 bits per heavy atom. The van der Waals surface area contributed by atoms with Crippen LogP contribution in [0.2, 0.25) is 10.0 Å². The molecule has 0 fully saturated rings. The number of hydrogen-bond donors (Lipinski definition) is 0. The minimum absolute atomic E-state index is 0.604. The molecule has 2 aromatic rings. The van der Waals surface area contributed by atoms with Gasteiger partial charge in [-0.15, -0.1) is 0 Å². The molecular weight excluding hydrogens is 263 g/mol. The zero-order valence-corrected chi connectivity index (χ0v) is 11.9. The molecule has 0 amide bonds. The van der Waals surface area contributed by atoms with Crippen LogP contribution in [-0.4, -0.2) is 0 Å². The van der Waals surface area contributed by atoms with Gasteiger partial charge in [0.15, 0.2) is 0 Å². The van der Waals surface area contributed by atoms with Gasteiger partial charge < -0.3 is 0 Å². The zero-order valence-electron chi connectivity index (χ0n) is 10.4. The third-order valence-electron chi connectivity index (χ3n) is 2.99. The van der Waals surface area contributed by atoms with Gasteiger partial charge in [0.1, 0.15) is 0 Å². The molecule has 18 heavy (non-hydrogen) atoms. The fourth-order valence-corrected chi connectivity index (χ4v) is 2.37. The molecule has 2 heteroatoms. The first-order chi connectivity index (χ1) is 8.63. The molecule has 0 aliphatic rings.